The lowest BCUT2D eigenvalue weighted by atomic mass is 9.92. The van der Waals surface area contributed by atoms with Gasteiger partial charge in [-0.2, -0.15) is 0 Å². The number of nitrogens with one attached hydrogen (secondary N) is 2. The molecule has 1 amide bonds. The normalized spacial score (nSPS) is 26.6. The van der Waals surface area contributed by atoms with Crippen LogP contribution < -0.4 is 14.9 Å². The first kappa shape index (κ1) is 16.8. The molecule has 2 saturated heterocycles. The highest BCUT2D eigenvalue weighted by Gasteiger charge is 2.57. The fraction of sp³-hybridized carbons (Fsp3) is 0.588. The molecule has 1 unspecified atom stereocenters. The Morgan fingerprint density at radius 1 is 1.32 bits per heavy atom. The Morgan fingerprint density at radius 2 is 2.08 bits per heavy atom. The van der Waals surface area contributed by atoms with Gasteiger partial charge in [-0.05, 0) is 62.4 Å². The van der Waals surface area contributed by atoms with E-state index in [1.165, 1.54) is 18.2 Å². The van der Waals surface area contributed by atoms with Gasteiger partial charge in [0.1, 0.15) is 5.82 Å². The molecule has 1 aliphatic carbocycles. The van der Waals surface area contributed by atoms with Crippen LogP contribution in [0.1, 0.15) is 25.7 Å². The van der Waals surface area contributed by atoms with Crippen LogP contribution in [0.2, 0.25) is 0 Å². The molecular formula is C17H22FN3O3S. The molecule has 25 heavy (non-hydrogen) atoms. The molecule has 1 aromatic rings. The maximum atomic E-state index is 14.1. The van der Waals surface area contributed by atoms with Crippen LogP contribution >= 0.6 is 0 Å². The van der Waals surface area contributed by atoms with Gasteiger partial charge in [0.05, 0.1) is 11.4 Å². The second-order valence-electron chi connectivity index (χ2n) is 7.27. The van der Waals surface area contributed by atoms with E-state index >= 15 is 0 Å². The predicted molar refractivity (Wildman–Crippen MR) is 93.4 cm³/mol. The number of hydrogen-bond donors (Lipinski definition) is 2. The molecule has 0 radical (unpaired) electrons. The van der Waals surface area contributed by atoms with Crippen molar-refractivity contribution in [1.29, 1.82) is 0 Å². The van der Waals surface area contributed by atoms with E-state index in [0.717, 1.165) is 36.7 Å². The molecule has 2 aliphatic heterocycles. The first-order valence-electron chi connectivity index (χ1n) is 8.73. The third kappa shape index (κ3) is 3.01. The van der Waals surface area contributed by atoms with E-state index in [2.05, 4.69) is 10.6 Å². The Labute approximate surface area is 146 Å². The van der Waals surface area contributed by atoms with Crippen LogP contribution in [-0.2, 0) is 14.8 Å². The van der Waals surface area contributed by atoms with E-state index in [9.17, 15) is 17.6 Å². The van der Waals surface area contributed by atoms with Crippen LogP contribution in [0, 0.1) is 17.2 Å². The van der Waals surface area contributed by atoms with Gasteiger partial charge in [-0.15, -0.1) is 0 Å². The average Bonchev–Trinajstić information content (AvgIpc) is 3.15. The lowest BCUT2D eigenvalue weighted by Gasteiger charge is -2.23. The van der Waals surface area contributed by atoms with Crippen molar-refractivity contribution in [2.45, 2.75) is 25.7 Å². The van der Waals surface area contributed by atoms with Gasteiger partial charge in [0, 0.05) is 18.2 Å². The molecule has 1 aromatic carbocycles. The molecule has 8 heteroatoms. The molecule has 2 heterocycles. The Kier molecular flexibility index (Phi) is 3.99. The summed E-state index contributed by atoms with van der Waals surface area (Å²) in [6.07, 6.45) is 3.39. The van der Waals surface area contributed by atoms with Gasteiger partial charge in [-0.1, -0.05) is 0 Å². The molecule has 1 saturated carbocycles. The smallest absolute Gasteiger partial charge is 0.235 e. The van der Waals surface area contributed by atoms with E-state index in [1.54, 1.807) is 0 Å². The molecule has 0 bridgehead atoms. The molecule has 3 aliphatic rings. The molecule has 2 N–H and O–H groups in total. The molecule has 3 fully saturated rings. The average molecular weight is 367 g/mol. The third-order valence-corrected chi connectivity index (χ3v) is 7.54. The quantitative estimate of drug-likeness (QED) is 0.852. The number of carbonyl (C=O) groups is 1. The lowest BCUT2D eigenvalue weighted by molar-refractivity contribution is -0.118. The Morgan fingerprint density at radius 3 is 2.76 bits per heavy atom. The zero-order valence-corrected chi connectivity index (χ0v) is 14.7. The molecule has 1 spiro atoms. The molecule has 0 aromatic heterocycles. The summed E-state index contributed by atoms with van der Waals surface area (Å²) in [5.74, 6) is -0.617. The maximum Gasteiger partial charge on any atom is 0.235 e. The second kappa shape index (κ2) is 5.95. The van der Waals surface area contributed by atoms with Crippen LogP contribution in [0.15, 0.2) is 18.2 Å². The highest BCUT2D eigenvalue weighted by molar-refractivity contribution is 7.93. The van der Waals surface area contributed by atoms with Gasteiger partial charge in [-0.3, -0.25) is 9.10 Å². The summed E-state index contributed by atoms with van der Waals surface area (Å²) in [7, 11) is -3.46. The van der Waals surface area contributed by atoms with E-state index < -0.39 is 15.8 Å². The van der Waals surface area contributed by atoms with Gasteiger partial charge in [0.15, 0.2) is 0 Å². The van der Waals surface area contributed by atoms with Gasteiger partial charge < -0.3 is 10.6 Å². The molecule has 136 valence electrons. The summed E-state index contributed by atoms with van der Waals surface area (Å²) >= 11 is 0. The van der Waals surface area contributed by atoms with Gasteiger partial charge in [0.25, 0.3) is 0 Å². The molecule has 1 atom stereocenters. The van der Waals surface area contributed by atoms with Crippen LogP contribution in [0.3, 0.4) is 0 Å². The third-order valence-electron chi connectivity index (χ3n) is 5.69. The summed E-state index contributed by atoms with van der Waals surface area (Å²) in [5.41, 5.74) is 0.582. The van der Waals surface area contributed by atoms with Crippen molar-refractivity contribution in [2.24, 2.45) is 11.3 Å². The zero-order valence-electron chi connectivity index (χ0n) is 13.9. The number of amides is 1. The fourth-order valence-electron chi connectivity index (χ4n) is 4.12. The van der Waals surface area contributed by atoms with Crippen LogP contribution in [0.4, 0.5) is 15.8 Å². The Bertz CT molecular complexity index is 805. The topological polar surface area (TPSA) is 78.5 Å². The highest BCUT2D eigenvalue weighted by Crippen LogP contribution is 2.58. The van der Waals surface area contributed by atoms with E-state index in [-0.39, 0.29) is 35.2 Å². The second-order valence-corrected chi connectivity index (χ2v) is 9.28. The van der Waals surface area contributed by atoms with Gasteiger partial charge in [0.2, 0.25) is 15.9 Å². The number of carbonyl (C=O) groups excluding carboxylic acids is 1. The van der Waals surface area contributed by atoms with Crippen molar-refractivity contribution < 1.29 is 17.6 Å². The standard InChI is InChI=1S/C17H22FN3O3S/c18-14-3-2-12(10-15(14)21-8-1-9-25(21,23)24)20-16(22)13-11-17(13)4-6-19-7-5-17/h2-3,10,13,19H,1,4-9,11H2,(H,20,22). The molecule has 4 rings (SSSR count). The van der Waals surface area contributed by atoms with Crippen molar-refractivity contribution in [2.75, 3.05) is 35.0 Å². The number of rotatable bonds is 3. The number of piperidine rings is 1. The van der Waals surface area contributed by atoms with E-state index in [4.69, 9.17) is 0 Å². The van der Waals surface area contributed by atoms with E-state index in [0.29, 0.717) is 12.1 Å². The lowest BCUT2D eigenvalue weighted by Crippen LogP contribution is -2.31. The maximum absolute atomic E-state index is 14.1. The number of hydrogen-bond acceptors (Lipinski definition) is 4. The van der Waals surface area contributed by atoms with Gasteiger partial charge in [-0.25, -0.2) is 12.8 Å². The first-order chi connectivity index (χ1) is 11.9. The number of nitrogens with zero attached hydrogens (tertiary/aromatic N) is 1. The Hall–Kier alpha value is -1.67. The van der Waals surface area contributed by atoms with Crippen LogP contribution in [-0.4, -0.2) is 39.7 Å². The Balaban J connectivity index is 1.50. The highest BCUT2D eigenvalue weighted by atomic mass is 32.2. The summed E-state index contributed by atoms with van der Waals surface area (Å²) < 4.78 is 39.3. The SMILES string of the molecule is O=C(Nc1ccc(F)c(N2CCCS2(=O)=O)c1)C1CC12CCNCC2. The van der Waals surface area contributed by atoms with E-state index in [1.807, 2.05) is 0 Å². The fourth-order valence-corrected chi connectivity index (χ4v) is 5.68. The minimum atomic E-state index is -3.46. The van der Waals surface area contributed by atoms with Crippen molar-refractivity contribution in [3.63, 3.8) is 0 Å². The first-order valence-corrected chi connectivity index (χ1v) is 10.3. The minimum absolute atomic E-state index is 0.00128. The van der Waals surface area contributed by atoms with Crippen LogP contribution in [0.25, 0.3) is 0 Å². The zero-order chi connectivity index (χ0) is 17.7. The van der Waals surface area contributed by atoms with Crippen LogP contribution in [0.5, 0.6) is 0 Å². The van der Waals surface area contributed by atoms with Gasteiger partial charge >= 0.3 is 0 Å². The number of halogens is 1. The number of benzene rings is 1. The van der Waals surface area contributed by atoms with Crippen molar-refractivity contribution in [1.82, 2.24) is 5.32 Å². The molecule has 6 nitrogen and oxygen atoms in total. The largest absolute Gasteiger partial charge is 0.326 e. The van der Waals surface area contributed by atoms with Crippen molar-refractivity contribution >= 4 is 27.3 Å². The monoisotopic (exact) mass is 367 g/mol. The van der Waals surface area contributed by atoms with Crippen molar-refractivity contribution in [3.8, 4) is 0 Å². The molecular weight excluding hydrogens is 345 g/mol. The summed E-state index contributed by atoms with van der Waals surface area (Å²) in [6, 6.07) is 4.12. The predicted octanol–water partition coefficient (Wildman–Crippen LogP) is 1.69. The summed E-state index contributed by atoms with van der Waals surface area (Å²) in [5, 5.41) is 6.15. The summed E-state index contributed by atoms with van der Waals surface area (Å²) in [6.45, 7) is 2.16. The number of anilines is 2. The summed E-state index contributed by atoms with van der Waals surface area (Å²) in [4.78, 5) is 12.5. The van der Waals surface area contributed by atoms with Crippen molar-refractivity contribution in [3.05, 3.63) is 24.0 Å². The number of sulfonamides is 1. The minimum Gasteiger partial charge on any atom is -0.326 e.